The van der Waals surface area contributed by atoms with Gasteiger partial charge >= 0.3 is 6.03 Å². The predicted octanol–water partition coefficient (Wildman–Crippen LogP) is 1.99. The summed E-state index contributed by atoms with van der Waals surface area (Å²) in [6, 6.07) is 5.17. The van der Waals surface area contributed by atoms with Crippen LogP contribution in [0.15, 0.2) is 23.3 Å². The van der Waals surface area contributed by atoms with Crippen LogP contribution in [0.1, 0.15) is 31.9 Å². The predicted molar refractivity (Wildman–Crippen MR) is 72.0 cm³/mol. The van der Waals surface area contributed by atoms with Crippen LogP contribution in [-0.2, 0) is 5.41 Å². The van der Waals surface area contributed by atoms with E-state index in [0.717, 1.165) is 5.56 Å². The molecule has 0 aliphatic carbocycles. The zero-order valence-corrected chi connectivity index (χ0v) is 11.2. The van der Waals surface area contributed by atoms with Crippen molar-refractivity contribution in [2.24, 2.45) is 10.8 Å². The van der Waals surface area contributed by atoms with E-state index in [9.17, 15) is 4.79 Å². The van der Waals surface area contributed by atoms with Crippen molar-refractivity contribution in [3.8, 4) is 5.75 Å². The Kier molecular flexibility index (Phi) is 4.31. The van der Waals surface area contributed by atoms with Gasteiger partial charge in [-0.2, -0.15) is 5.10 Å². The molecule has 0 spiro atoms. The van der Waals surface area contributed by atoms with E-state index in [-0.39, 0.29) is 5.41 Å². The van der Waals surface area contributed by atoms with Crippen molar-refractivity contribution < 1.29 is 9.53 Å². The van der Waals surface area contributed by atoms with Crippen molar-refractivity contribution in [3.63, 3.8) is 0 Å². The summed E-state index contributed by atoms with van der Waals surface area (Å²) in [5, 5.41) is 3.71. The van der Waals surface area contributed by atoms with Gasteiger partial charge in [0.1, 0.15) is 5.75 Å². The largest absolute Gasteiger partial charge is 0.496 e. The number of primary amides is 1. The van der Waals surface area contributed by atoms with Crippen LogP contribution in [0.4, 0.5) is 4.79 Å². The third-order valence-electron chi connectivity index (χ3n) is 2.48. The van der Waals surface area contributed by atoms with Crippen LogP contribution in [0.2, 0.25) is 0 Å². The molecule has 0 aliphatic heterocycles. The fraction of sp³-hybridized carbons (Fsp3) is 0.385. The Morgan fingerprint density at radius 1 is 1.44 bits per heavy atom. The molecule has 0 unspecified atom stereocenters. The Bertz CT molecular complexity index is 462. The van der Waals surface area contributed by atoms with Gasteiger partial charge in [-0.05, 0) is 23.1 Å². The number of carbonyl (C=O) groups excluding carboxylic acids is 1. The fourth-order valence-electron chi connectivity index (χ4n) is 1.45. The van der Waals surface area contributed by atoms with Crippen molar-refractivity contribution in [2.75, 3.05) is 7.11 Å². The molecule has 0 radical (unpaired) electrons. The molecule has 0 heterocycles. The number of ether oxygens (including phenoxy) is 1. The number of nitrogens with two attached hydrogens (primary N) is 1. The molecule has 0 atom stereocenters. The molecular formula is C13H19N3O2. The van der Waals surface area contributed by atoms with E-state index in [1.807, 2.05) is 18.2 Å². The van der Waals surface area contributed by atoms with Crippen LogP contribution >= 0.6 is 0 Å². The molecule has 5 nitrogen and oxygen atoms in total. The molecule has 0 aromatic heterocycles. The average molecular weight is 249 g/mol. The van der Waals surface area contributed by atoms with Gasteiger partial charge in [-0.25, -0.2) is 10.2 Å². The molecule has 0 aliphatic rings. The van der Waals surface area contributed by atoms with Crippen molar-refractivity contribution in [1.82, 2.24) is 5.43 Å². The molecule has 98 valence electrons. The smallest absolute Gasteiger partial charge is 0.332 e. The van der Waals surface area contributed by atoms with Crippen LogP contribution in [0, 0.1) is 0 Å². The molecule has 0 fully saturated rings. The molecule has 0 saturated heterocycles. The monoisotopic (exact) mass is 249 g/mol. The summed E-state index contributed by atoms with van der Waals surface area (Å²) in [6.07, 6.45) is 1.50. The van der Waals surface area contributed by atoms with Crippen molar-refractivity contribution >= 4 is 12.2 Å². The molecule has 2 amide bonds. The second-order valence-electron chi connectivity index (χ2n) is 4.94. The van der Waals surface area contributed by atoms with E-state index in [0.29, 0.717) is 5.75 Å². The molecular weight excluding hydrogens is 230 g/mol. The average Bonchev–Trinajstić information content (AvgIpc) is 2.27. The maximum absolute atomic E-state index is 10.5. The minimum atomic E-state index is -0.698. The molecule has 1 aromatic rings. The van der Waals surface area contributed by atoms with Gasteiger partial charge in [0.05, 0.1) is 13.3 Å². The first-order valence-corrected chi connectivity index (χ1v) is 5.61. The van der Waals surface area contributed by atoms with Crippen molar-refractivity contribution in [2.45, 2.75) is 26.2 Å². The lowest BCUT2D eigenvalue weighted by Crippen LogP contribution is -2.24. The van der Waals surface area contributed by atoms with E-state index in [1.54, 1.807) is 7.11 Å². The third-order valence-corrected chi connectivity index (χ3v) is 2.48. The zero-order valence-electron chi connectivity index (χ0n) is 11.2. The van der Waals surface area contributed by atoms with E-state index < -0.39 is 6.03 Å². The Balaban J connectivity index is 3.01. The van der Waals surface area contributed by atoms with Crippen molar-refractivity contribution in [1.29, 1.82) is 0 Å². The number of nitrogens with zero attached hydrogens (tertiary/aromatic N) is 1. The van der Waals surface area contributed by atoms with Crippen LogP contribution in [0.3, 0.4) is 0 Å². The van der Waals surface area contributed by atoms with Gasteiger partial charge in [0.15, 0.2) is 0 Å². The summed E-state index contributed by atoms with van der Waals surface area (Å²) in [6.45, 7) is 6.39. The van der Waals surface area contributed by atoms with Gasteiger partial charge in [0.2, 0.25) is 0 Å². The van der Waals surface area contributed by atoms with Gasteiger partial charge < -0.3 is 10.5 Å². The Hall–Kier alpha value is -2.04. The zero-order chi connectivity index (χ0) is 13.8. The van der Waals surface area contributed by atoms with Gasteiger partial charge in [-0.1, -0.05) is 26.8 Å². The molecule has 3 N–H and O–H groups in total. The molecule has 1 rings (SSSR count). The summed E-state index contributed by atoms with van der Waals surface area (Å²) in [5.74, 6) is 0.706. The normalized spacial score (nSPS) is 11.6. The molecule has 18 heavy (non-hydrogen) atoms. The van der Waals surface area contributed by atoms with E-state index in [2.05, 4.69) is 31.3 Å². The van der Waals surface area contributed by atoms with Gasteiger partial charge in [-0.3, -0.25) is 0 Å². The number of benzene rings is 1. The van der Waals surface area contributed by atoms with Crippen LogP contribution < -0.4 is 15.9 Å². The Morgan fingerprint density at radius 3 is 2.61 bits per heavy atom. The first-order valence-electron chi connectivity index (χ1n) is 5.61. The lowest BCUT2D eigenvalue weighted by Gasteiger charge is -2.20. The Morgan fingerprint density at radius 2 is 2.11 bits per heavy atom. The van der Waals surface area contributed by atoms with Crippen LogP contribution in [-0.4, -0.2) is 19.4 Å². The first kappa shape index (κ1) is 14.0. The quantitative estimate of drug-likeness (QED) is 0.635. The van der Waals surface area contributed by atoms with Crippen molar-refractivity contribution in [3.05, 3.63) is 29.3 Å². The third kappa shape index (κ3) is 3.76. The highest BCUT2D eigenvalue weighted by Gasteiger charge is 2.15. The van der Waals surface area contributed by atoms with E-state index >= 15 is 0 Å². The lowest BCUT2D eigenvalue weighted by atomic mass is 9.86. The van der Waals surface area contributed by atoms with Gasteiger partial charge in [0.25, 0.3) is 0 Å². The topological polar surface area (TPSA) is 76.7 Å². The number of rotatable bonds is 3. The Labute approximate surface area is 107 Å². The number of nitrogens with one attached hydrogen (secondary N) is 1. The first-order chi connectivity index (χ1) is 8.34. The lowest BCUT2D eigenvalue weighted by molar-refractivity contribution is 0.249. The molecule has 5 heteroatoms. The highest BCUT2D eigenvalue weighted by atomic mass is 16.5. The molecule has 1 aromatic carbocycles. The minimum absolute atomic E-state index is 0.0500. The minimum Gasteiger partial charge on any atom is -0.496 e. The van der Waals surface area contributed by atoms with Gasteiger partial charge in [-0.15, -0.1) is 0 Å². The molecule has 0 saturated carbocycles. The second kappa shape index (κ2) is 5.53. The standard InChI is InChI=1S/C13H19N3O2/c1-13(2,3)10-6-5-9(11(7-10)18-4)8-15-16-12(14)17/h5-8H,1-4H3,(H3,14,16,17). The summed E-state index contributed by atoms with van der Waals surface area (Å²) >= 11 is 0. The SMILES string of the molecule is COc1cc(C(C)(C)C)ccc1C=NNC(N)=O. The van der Waals surface area contributed by atoms with Gasteiger partial charge in [0, 0.05) is 5.56 Å². The summed E-state index contributed by atoms with van der Waals surface area (Å²) < 4.78 is 5.30. The maximum Gasteiger partial charge on any atom is 0.332 e. The number of amides is 2. The number of methoxy groups -OCH3 is 1. The van der Waals surface area contributed by atoms with E-state index in [1.165, 1.54) is 11.8 Å². The summed E-state index contributed by atoms with van der Waals surface area (Å²) in [5.41, 5.74) is 9.05. The van der Waals surface area contributed by atoms with Crippen LogP contribution in [0.5, 0.6) is 5.75 Å². The number of hydrazone groups is 1. The maximum atomic E-state index is 10.5. The highest BCUT2D eigenvalue weighted by Crippen LogP contribution is 2.27. The molecule has 0 bridgehead atoms. The summed E-state index contributed by atoms with van der Waals surface area (Å²) in [4.78, 5) is 10.5. The number of urea groups is 1. The highest BCUT2D eigenvalue weighted by molar-refractivity contribution is 5.84. The summed E-state index contributed by atoms with van der Waals surface area (Å²) in [7, 11) is 1.60. The second-order valence-corrected chi connectivity index (χ2v) is 4.94. The number of hydrogen-bond acceptors (Lipinski definition) is 3. The van der Waals surface area contributed by atoms with Crippen LogP contribution in [0.25, 0.3) is 0 Å². The van der Waals surface area contributed by atoms with E-state index in [4.69, 9.17) is 10.5 Å². The number of hydrogen-bond donors (Lipinski definition) is 2. The fourth-order valence-corrected chi connectivity index (χ4v) is 1.45. The number of carbonyl (C=O) groups is 1.